The molecule has 2 saturated heterocycles. The van der Waals surface area contributed by atoms with Crippen LogP contribution in [0.15, 0.2) is 6.20 Å². The maximum atomic E-state index is 13.2. The molecule has 168 valence electrons. The molecule has 7 nitrogen and oxygen atoms in total. The molecule has 1 aromatic heterocycles. The van der Waals surface area contributed by atoms with E-state index in [1.165, 1.54) is 25.7 Å². The molecule has 1 aromatic rings. The molecule has 0 spiro atoms. The Balaban J connectivity index is 1.31. The maximum absolute atomic E-state index is 13.2. The third kappa shape index (κ3) is 4.15. The second kappa shape index (κ2) is 8.06. The molecule has 1 saturated carbocycles. The first kappa shape index (κ1) is 20.7. The zero-order valence-electron chi connectivity index (χ0n) is 18.9. The third-order valence-electron chi connectivity index (χ3n) is 7.67. The van der Waals surface area contributed by atoms with Crippen LogP contribution in [-0.4, -0.2) is 52.4 Å². The van der Waals surface area contributed by atoms with E-state index in [9.17, 15) is 9.59 Å². The van der Waals surface area contributed by atoms with Crippen LogP contribution in [0.4, 0.5) is 5.95 Å². The number of likely N-dealkylation sites (tertiary alicyclic amines) is 1. The van der Waals surface area contributed by atoms with Crippen LogP contribution in [0.2, 0.25) is 0 Å². The van der Waals surface area contributed by atoms with Crippen molar-refractivity contribution in [2.24, 2.45) is 11.3 Å². The summed E-state index contributed by atoms with van der Waals surface area (Å²) in [5.74, 6) is 0.736. The Morgan fingerprint density at radius 3 is 2.65 bits per heavy atom. The fraction of sp³-hybridized carbons (Fsp3) is 0.750. The number of nitrogens with one attached hydrogen (secondary N) is 1. The number of nitrogens with zero attached hydrogens (tertiary/aromatic N) is 4. The fourth-order valence-corrected chi connectivity index (χ4v) is 6.00. The van der Waals surface area contributed by atoms with Crippen LogP contribution in [0, 0.1) is 11.3 Å². The predicted molar refractivity (Wildman–Crippen MR) is 119 cm³/mol. The molecule has 1 N–H and O–H groups in total. The van der Waals surface area contributed by atoms with E-state index in [1.807, 2.05) is 11.1 Å². The van der Waals surface area contributed by atoms with E-state index in [1.54, 1.807) is 0 Å². The van der Waals surface area contributed by atoms with Gasteiger partial charge < -0.3 is 15.1 Å². The zero-order chi connectivity index (χ0) is 21.6. The van der Waals surface area contributed by atoms with Gasteiger partial charge in [0, 0.05) is 43.9 Å². The van der Waals surface area contributed by atoms with Gasteiger partial charge in [-0.15, -0.1) is 0 Å². The Morgan fingerprint density at radius 1 is 1.16 bits per heavy atom. The fourth-order valence-electron chi connectivity index (χ4n) is 6.00. The van der Waals surface area contributed by atoms with Gasteiger partial charge >= 0.3 is 0 Å². The number of carbonyl (C=O) groups is 2. The number of amides is 2. The van der Waals surface area contributed by atoms with E-state index in [0.717, 1.165) is 56.0 Å². The summed E-state index contributed by atoms with van der Waals surface area (Å²) in [6.07, 6.45) is 11.0. The smallest absolute Gasteiger partial charge is 0.225 e. The Bertz CT molecular complexity index is 858. The highest BCUT2D eigenvalue weighted by atomic mass is 16.2. The topological polar surface area (TPSA) is 78.4 Å². The minimum Gasteiger partial charge on any atom is -0.349 e. The van der Waals surface area contributed by atoms with Gasteiger partial charge in [-0.05, 0) is 43.9 Å². The van der Waals surface area contributed by atoms with Crippen molar-refractivity contribution in [3.63, 3.8) is 0 Å². The van der Waals surface area contributed by atoms with Gasteiger partial charge in [0.05, 0.1) is 17.7 Å². The molecule has 2 amide bonds. The number of carbonyl (C=O) groups excluding carboxylic acids is 2. The number of rotatable bonds is 4. The Hall–Kier alpha value is -2.18. The summed E-state index contributed by atoms with van der Waals surface area (Å²) in [5, 5.41) is 3.28. The van der Waals surface area contributed by atoms with Crippen LogP contribution in [0.5, 0.6) is 0 Å². The molecule has 0 aromatic carbocycles. The lowest BCUT2D eigenvalue weighted by atomic mass is 9.74. The lowest BCUT2D eigenvalue weighted by molar-refractivity contribution is -0.130. The van der Waals surface area contributed by atoms with Gasteiger partial charge in [-0.25, -0.2) is 9.97 Å². The van der Waals surface area contributed by atoms with Gasteiger partial charge in [-0.2, -0.15) is 0 Å². The molecule has 5 rings (SSSR count). The van der Waals surface area contributed by atoms with Crippen LogP contribution < -0.4 is 10.2 Å². The van der Waals surface area contributed by atoms with Crippen LogP contribution in [-0.2, 0) is 16.0 Å². The normalized spacial score (nSPS) is 28.3. The van der Waals surface area contributed by atoms with Gasteiger partial charge in [0.25, 0.3) is 0 Å². The summed E-state index contributed by atoms with van der Waals surface area (Å²) < 4.78 is 0. The highest BCUT2D eigenvalue weighted by Crippen LogP contribution is 2.41. The van der Waals surface area contributed by atoms with Gasteiger partial charge in [0.15, 0.2) is 0 Å². The van der Waals surface area contributed by atoms with Crippen LogP contribution in [0.25, 0.3) is 0 Å². The average Bonchev–Trinajstić information content (AvgIpc) is 3.48. The molecule has 2 atom stereocenters. The molecule has 3 fully saturated rings. The molecule has 3 heterocycles. The van der Waals surface area contributed by atoms with E-state index < -0.39 is 0 Å². The SMILES string of the molecule is CC1(C)Cc2nc(N3CCCC3)ncc2[C@H](NC(=O)[C@@H]2CC(=O)N(C3CCCC3)C2)C1. The molecule has 2 aliphatic heterocycles. The van der Waals surface area contributed by atoms with Gasteiger partial charge in [-0.3, -0.25) is 9.59 Å². The van der Waals surface area contributed by atoms with Crippen molar-refractivity contribution in [2.75, 3.05) is 24.5 Å². The van der Waals surface area contributed by atoms with Crippen molar-refractivity contribution in [2.45, 2.75) is 83.7 Å². The molecule has 31 heavy (non-hydrogen) atoms. The first-order valence-electron chi connectivity index (χ1n) is 12.1. The van der Waals surface area contributed by atoms with Crippen LogP contribution in [0.1, 0.15) is 82.5 Å². The molecule has 0 bridgehead atoms. The summed E-state index contributed by atoms with van der Waals surface area (Å²) in [5.41, 5.74) is 2.17. The molecule has 2 aliphatic carbocycles. The monoisotopic (exact) mass is 425 g/mol. The first-order valence-corrected chi connectivity index (χ1v) is 12.1. The van der Waals surface area contributed by atoms with Crippen molar-refractivity contribution < 1.29 is 9.59 Å². The summed E-state index contributed by atoms with van der Waals surface area (Å²) >= 11 is 0. The summed E-state index contributed by atoms with van der Waals surface area (Å²) in [6, 6.07) is 0.256. The lowest BCUT2D eigenvalue weighted by Crippen LogP contribution is -2.41. The van der Waals surface area contributed by atoms with Crippen molar-refractivity contribution in [1.82, 2.24) is 20.2 Å². The standard InChI is InChI=1S/C24H35N5O2/c1-24(2)12-19(18-14-25-23(27-20(18)13-24)28-9-5-6-10-28)26-22(31)16-11-21(30)29(15-16)17-7-3-4-8-17/h14,16-17,19H,3-13,15H2,1-2H3,(H,26,31)/t16-,19-/m1/s1. The number of fused-ring (bicyclic) bond motifs is 1. The molecule has 0 unspecified atom stereocenters. The summed E-state index contributed by atoms with van der Waals surface area (Å²) in [4.78, 5) is 39.5. The summed E-state index contributed by atoms with van der Waals surface area (Å²) in [7, 11) is 0. The number of hydrogen-bond acceptors (Lipinski definition) is 5. The van der Waals surface area contributed by atoms with Crippen molar-refractivity contribution >= 4 is 17.8 Å². The number of hydrogen-bond donors (Lipinski definition) is 1. The molecular weight excluding hydrogens is 390 g/mol. The molecule has 0 radical (unpaired) electrons. The first-order chi connectivity index (χ1) is 14.9. The third-order valence-corrected chi connectivity index (χ3v) is 7.67. The quantitative estimate of drug-likeness (QED) is 0.802. The minimum atomic E-state index is -0.244. The largest absolute Gasteiger partial charge is 0.349 e. The maximum Gasteiger partial charge on any atom is 0.225 e. The molecule has 4 aliphatic rings. The highest BCUT2D eigenvalue weighted by Gasteiger charge is 2.41. The Kier molecular flexibility index (Phi) is 5.39. The number of anilines is 1. The van der Waals surface area contributed by atoms with Crippen molar-refractivity contribution in [3.05, 3.63) is 17.5 Å². The molecular formula is C24H35N5O2. The van der Waals surface area contributed by atoms with Crippen molar-refractivity contribution in [3.8, 4) is 0 Å². The van der Waals surface area contributed by atoms with E-state index in [2.05, 4.69) is 29.0 Å². The predicted octanol–water partition coefficient (Wildman–Crippen LogP) is 3.00. The lowest BCUT2D eigenvalue weighted by Gasteiger charge is -2.37. The highest BCUT2D eigenvalue weighted by molar-refractivity contribution is 5.89. The summed E-state index contributed by atoms with van der Waals surface area (Å²) in [6.45, 7) is 7.11. The average molecular weight is 426 g/mol. The zero-order valence-corrected chi connectivity index (χ0v) is 18.9. The van der Waals surface area contributed by atoms with Gasteiger partial charge in [0.1, 0.15) is 0 Å². The van der Waals surface area contributed by atoms with Crippen molar-refractivity contribution in [1.29, 1.82) is 0 Å². The molecule has 7 heteroatoms. The van der Waals surface area contributed by atoms with Gasteiger partial charge in [0.2, 0.25) is 17.8 Å². The van der Waals surface area contributed by atoms with E-state index >= 15 is 0 Å². The van der Waals surface area contributed by atoms with E-state index in [4.69, 9.17) is 4.98 Å². The van der Waals surface area contributed by atoms with Crippen LogP contribution in [0.3, 0.4) is 0 Å². The van der Waals surface area contributed by atoms with Crippen LogP contribution >= 0.6 is 0 Å². The minimum absolute atomic E-state index is 0.00566. The van der Waals surface area contributed by atoms with Gasteiger partial charge in [-0.1, -0.05) is 26.7 Å². The van der Waals surface area contributed by atoms with E-state index in [0.29, 0.717) is 19.0 Å². The number of aromatic nitrogens is 2. The Morgan fingerprint density at radius 2 is 1.90 bits per heavy atom. The second-order valence-corrected chi connectivity index (χ2v) is 10.8. The second-order valence-electron chi connectivity index (χ2n) is 10.8. The van der Waals surface area contributed by atoms with E-state index in [-0.39, 0.29) is 29.2 Å². The Labute approximate surface area is 185 Å².